The molecule has 2 aliphatic rings. The molecular weight excluding hydrogens is 396 g/mol. The normalized spacial score (nSPS) is 34.5. The van der Waals surface area contributed by atoms with Crippen LogP contribution in [0.1, 0.15) is 97.1 Å². The first kappa shape index (κ1) is 25.6. The second-order valence-electron chi connectivity index (χ2n) is 11.9. The van der Waals surface area contributed by atoms with E-state index in [-0.39, 0.29) is 17.1 Å². The molecule has 2 aliphatic carbocycles. The average molecular weight is 445 g/mol. The van der Waals surface area contributed by atoms with E-state index in [0.29, 0.717) is 31.1 Å². The van der Waals surface area contributed by atoms with Crippen molar-refractivity contribution in [1.82, 2.24) is 0 Å². The number of aryl methyl sites for hydroxylation is 2. The second kappa shape index (κ2) is 10.1. The van der Waals surface area contributed by atoms with Crippen molar-refractivity contribution in [1.29, 1.82) is 0 Å². The zero-order valence-corrected chi connectivity index (χ0v) is 21.4. The molecule has 2 saturated carbocycles. The van der Waals surface area contributed by atoms with Gasteiger partial charge in [0.1, 0.15) is 5.75 Å². The third kappa shape index (κ3) is 4.89. The molecule has 2 fully saturated rings. The summed E-state index contributed by atoms with van der Waals surface area (Å²) in [5.74, 6) is 3.25. The van der Waals surface area contributed by atoms with Gasteiger partial charge in [0.05, 0.1) is 11.7 Å². The van der Waals surface area contributed by atoms with Gasteiger partial charge >= 0.3 is 0 Å². The number of hydrogen-bond acceptors (Lipinski definition) is 3. The van der Waals surface area contributed by atoms with Gasteiger partial charge in [-0.15, -0.1) is 0 Å². The van der Waals surface area contributed by atoms with Gasteiger partial charge in [0.25, 0.3) is 0 Å². The Hall–Kier alpha value is -1.06. The summed E-state index contributed by atoms with van der Waals surface area (Å²) in [5.41, 5.74) is 1.26. The topological polar surface area (TPSA) is 60.7 Å². The number of aliphatic hydroxyl groups is 2. The number of benzene rings is 1. The molecule has 0 spiro atoms. The van der Waals surface area contributed by atoms with Crippen LogP contribution in [0.5, 0.6) is 5.75 Å². The lowest BCUT2D eigenvalue weighted by molar-refractivity contribution is -0.181. The van der Waals surface area contributed by atoms with Crippen molar-refractivity contribution in [2.45, 2.75) is 111 Å². The Morgan fingerprint density at radius 3 is 2.47 bits per heavy atom. The first-order valence-corrected chi connectivity index (χ1v) is 13.2. The Kier molecular flexibility index (Phi) is 8.03. The first-order chi connectivity index (χ1) is 15.0. The van der Waals surface area contributed by atoms with Crippen LogP contribution in [0.15, 0.2) is 18.2 Å². The molecule has 0 unspecified atom stereocenters. The Bertz CT molecular complexity index is 759. The van der Waals surface area contributed by atoms with Crippen molar-refractivity contribution in [2.75, 3.05) is 0 Å². The van der Waals surface area contributed by atoms with Crippen LogP contribution in [0.2, 0.25) is 0 Å². The number of phenols is 1. The summed E-state index contributed by atoms with van der Waals surface area (Å²) >= 11 is 0. The zero-order valence-electron chi connectivity index (χ0n) is 21.4. The summed E-state index contributed by atoms with van der Waals surface area (Å²) in [7, 11) is 0. The highest BCUT2D eigenvalue weighted by atomic mass is 16.3. The molecule has 0 radical (unpaired) electrons. The van der Waals surface area contributed by atoms with Crippen molar-refractivity contribution >= 4 is 0 Å². The minimum atomic E-state index is -1.04. The lowest BCUT2D eigenvalue weighted by atomic mass is 9.55. The van der Waals surface area contributed by atoms with Crippen LogP contribution < -0.4 is 0 Å². The second-order valence-corrected chi connectivity index (χ2v) is 11.9. The maximum absolute atomic E-state index is 11.9. The molecule has 182 valence electrons. The van der Waals surface area contributed by atoms with Gasteiger partial charge in [-0.2, -0.15) is 0 Å². The van der Waals surface area contributed by atoms with E-state index in [4.69, 9.17) is 0 Å². The molecule has 3 nitrogen and oxygen atoms in total. The highest BCUT2D eigenvalue weighted by molar-refractivity contribution is 5.34. The van der Waals surface area contributed by atoms with Crippen LogP contribution in [0, 0.1) is 41.9 Å². The van der Waals surface area contributed by atoms with E-state index in [9.17, 15) is 15.3 Å². The summed E-state index contributed by atoms with van der Waals surface area (Å²) in [5, 5.41) is 32.8. The van der Waals surface area contributed by atoms with E-state index < -0.39 is 11.7 Å². The minimum absolute atomic E-state index is 0.0980. The van der Waals surface area contributed by atoms with Gasteiger partial charge in [0.15, 0.2) is 0 Å². The van der Waals surface area contributed by atoms with Gasteiger partial charge < -0.3 is 15.3 Å². The monoisotopic (exact) mass is 444 g/mol. The molecule has 3 rings (SSSR count). The molecule has 0 aliphatic heterocycles. The van der Waals surface area contributed by atoms with Crippen LogP contribution in [-0.2, 0) is 6.42 Å². The smallest absolute Gasteiger partial charge is 0.115 e. The summed E-state index contributed by atoms with van der Waals surface area (Å²) in [4.78, 5) is 0. The lowest BCUT2D eigenvalue weighted by Crippen LogP contribution is -2.58. The van der Waals surface area contributed by atoms with Gasteiger partial charge in [-0.3, -0.25) is 0 Å². The number of rotatable bonds is 9. The Morgan fingerprint density at radius 1 is 1.09 bits per heavy atom. The molecule has 1 aromatic rings. The van der Waals surface area contributed by atoms with Crippen LogP contribution in [0.25, 0.3) is 0 Å². The van der Waals surface area contributed by atoms with E-state index in [2.05, 4.69) is 34.6 Å². The average Bonchev–Trinajstić information content (AvgIpc) is 3.10. The quantitative estimate of drug-likeness (QED) is 0.399. The third-order valence-corrected chi connectivity index (χ3v) is 9.82. The fraction of sp³-hybridized carbons (Fsp3) is 0.793. The minimum Gasteiger partial charge on any atom is -0.508 e. The highest BCUT2D eigenvalue weighted by Gasteiger charge is 2.60. The predicted octanol–water partition coefficient (Wildman–Crippen LogP) is 6.65. The van der Waals surface area contributed by atoms with Crippen molar-refractivity contribution in [3.05, 3.63) is 29.3 Å². The number of hydrogen-bond donors (Lipinski definition) is 3. The summed E-state index contributed by atoms with van der Waals surface area (Å²) in [6.45, 7) is 13.9. The van der Waals surface area contributed by atoms with E-state index in [0.717, 1.165) is 35.8 Å². The molecular formula is C29H48O3. The molecule has 0 saturated heterocycles. The fourth-order valence-electron chi connectivity index (χ4n) is 7.60. The van der Waals surface area contributed by atoms with Crippen molar-refractivity contribution in [3.63, 3.8) is 0 Å². The van der Waals surface area contributed by atoms with E-state index in [1.807, 2.05) is 19.1 Å². The van der Waals surface area contributed by atoms with Crippen molar-refractivity contribution < 1.29 is 15.3 Å². The predicted molar refractivity (Wildman–Crippen MR) is 133 cm³/mol. The van der Waals surface area contributed by atoms with Gasteiger partial charge in [0, 0.05) is 0 Å². The molecule has 0 aromatic heterocycles. The Balaban J connectivity index is 1.73. The lowest BCUT2D eigenvalue weighted by Gasteiger charge is -2.53. The molecule has 0 amide bonds. The van der Waals surface area contributed by atoms with Crippen molar-refractivity contribution in [2.24, 2.45) is 35.0 Å². The molecule has 3 heteroatoms. The van der Waals surface area contributed by atoms with Crippen LogP contribution in [0.3, 0.4) is 0 Å². The maximum atomic E-state index is 11.9. The largest absolute Gasteiger partial charge is 0.508 e. The molecule has 0 heterocycles. The van der Waals surface area contributed by atoms with Gasteiger partial charge in [-0.05, 0) is 110 Å². The number of aromatic hydroxyl groups is 1. The van der Waals surface area contributed by atoms with Crippen LogP contribution in [-0.4, -0.2) is 27.0 Å². The zero-order chi connectivity index (χ0) is 23.7. The summed E-state index contributed by atoms with van der Waals surface area (Å²) in [6, 6.07) is 5.46. The highest BCUT2D eigenvalue weighted by Crippen LogP contribution is 2.62. The SMILES string of the molecule is CC[C@H](CC[C@@H](C)[C@H]1CC[C@@H]2[C@]1(C)CC[C@@H](O)[C@@]2(O)CCc1cc(O)ccc1C)C(C)C. The van der Waals surface area contributed by atoms with Crippen LogP contribution >= 0.6 is 0 Å². The third-order valence-electron chi connectivity index (χ3n) is 9.82. The summed E-state index contributed by atoms with van der Waals surface area (Å²) < 4.78 is 0. The van der Waals surface area contributed by atoms with E-state index in [1.165, 1.54) is 25.7 Å². The Morgan fingerprint density at radius 2 is 1.81 bits per heavy atom. The molecule has 32 heavy (non-hydrogen) atoms. The summed E-state index contributed by atoms with van der Waals surface area (Å²) in [6.07, 6.45) is 8.31. The maximum Gasteiger partial charge on any atom is 0.115 e. The standard InChI is InChI=1S/C29H48O3/c1-7-22(19(2)3)10-8-21(5)25-12-13-26-28(25,6)16-15-27(31)29(26,32)17-14-23-18-24(30)11-9-20(23)4/h9,11,18-19,21-22,25-27,30-32H,7-8,10,12-17H2,1-6H3/t21-,22-,25-,26-,27-,28-,29-/m1/s1. The number of aliphatic hydroxyl groups excluding tert-OH is 1. The number of phenolic OH excluding ortho intramolecular Hbond substituents is 1. The van der Waals surface area contributed by atoms with Crippen molar-refractivity contribution in [3.8, 4) is 5.75 Å². The molecule has 3 N–H and O–H groups in total. The van der Waals surface area contributed by atoms with Gasteiger partial charge in [0.2, 0.25) is 0 Å². The first-order valence-electron chi connectivity index (χ1n) is 13.2. The van der Waals surface area contributed by atoms with Crippen LogP contribution in [0.4, 0.5) is 0 Å². The van der Waals surface area contributed by atoms with Gasteiger partial charge in [-0.1, -0.05) is 53.5 Å². The van der Waals surface area contributed by atoms with E-state index >= 15 is 0 Å². The molecule has 1 aromatic carbocycles. The molecule has 7 atom stereocenters. The molecule has 0 bridgehead atoms. The van der Waals surface area contributed by atoms with E-state index in [1.54, 1.807) is 6.07 Å². The number of fused-ring (bicyclic) bond motifs is 1. The fourth-order valence-corrected chi connectivity index (χ4v) is 7.60. The van der Waals surface area contributed by atoms with Gasteiger partial charge in [-0.25, -0.2) is 0 Å². The Labute approximate surface area is 196 Å².